The van der Waals surface area contributed by atoms with E-state index in [1.165, 1.54) is 16.4 Å². The molecule has 0 radical (unpaired) electrons. The molecule has 0 N–H and O–H groups in total. The first-order chi connectivity index (χ1) is 16.8. The Balaban J connectivity index is 1.71. The van der Waals surface area contributed by atoms with Crippen molar-refractivity contribution >= 4 is 15.9 Å². The zero-order valence-electron chi connectivity index (χ0n) is 19.6. The number of benzene rings is 3. The summed E-state index contributed by atoms with van der Waals surface area (Å²) in [6.07, 6.45) is 3.57. The van der Waals surface area contributed by atoms with Gasteiger partial charge in [-0.15, -0.1) is 0 Å². The largest absolute Gasteiger partial charge is 0.497 e. The van der Waals surface area contributed by atoms with Crippen LogP contribution in [-0.2, 0) is 21.4 Å². The van der Waals surface area contributed by atoms with Gasteiger partial charge in [0.1, 0.15) is 11.6 Å². The second-order valence-corrected chi connectivity index (χ2v) is 10.3. The number of hydrogen-bond donors (Lipinski definition) is 0. The van der Waals surface area contributed by atoms with E-state index in [2.05, 4.69) is 0 Å². The minimum atomic E-state index is -3.89. The van der Waals surface area contributed by atoms with Gasteiger partial charge >= 0.3 is 0 Å². The number of methoxy groups -OCH3 is 1. The lowest BCUT2D eigenvalue weighted by atomic mass is 10.0. The van der Waals surface area contributed by atoms with Gasteiger partial charge in [-0.05, 0) is 54.4 Å². The molecule has 35 heavy (non-hydrogen) atoms. The molecule has 0 aliphatic carbocycles. The van der Waals surface area contributed by atoms with Gasteiger partial charge in [-0.1, -0.05) is 54.1 Å². The number of rotatable bonds is 6. The van der Waals surface area contributed by atoms with E-state index in [1.54, 1.807) is 66.6 Å². The summed E-state index contributed by atoms with van der Waals surface area (Å²) < 4.78 is 46.9. The van der Waals surface area contributed by atoms with Crippen LogP contribution < -0.4 is 4.74 Å². The average Bonchev–Trinajstić information content (AvgIpc) is 2.84. The van der Waals surface area contributed by atoms with Crippen molar-refractivity contribution in [3.63, 3.8) is 0 Å². The van der Waals surface area contributed by atoms with Gasteiger partial charge in [0.25, 0.3) is 0 Å². The topological polar surface area (TPSA) is 66.9 Å². The molecule has 1 heterocycles. The molecule has 1 atom stereocenters. The van der Waals surface area contributed by atoms with Crippen LogP contribution >= 0.6 is 0 Å². The van der Waals surface area contributed by atoms with Gasteiger partial charge < -0.3 is 9.64 Å². The zero-order valence-corrected chi connectivity index (χ0v) is 20.4. The van der Waals surface area contributed by atoms with Crippen LogP contribution in [0, 0.1) is 12.7 Å². The minimum Gasteiger partial charge on any atom is -0.497 e. The highest BCUT2D eigenvalue weighted by atomic mass is 32.2. The van der Waals surface area contributed by atoms with E-state index in [0.717, 1.165) is 11.1 Å². The molecule has 0 spiro atoms. The number of sulfonamides is 1. The molecule has 0 aromatic heterocycles. The normalized spacial score (nSPS) is 18.1. The van der Waals surface area contributed by atoms with Gasteiger partial charge in [-0.2, -0.15) is 4.31 Å². The Labute approximate surface area is 205 Å². The molecular weight excluding hydrogens is 467 g/mol. The SMILES string of the molecule is COc1ccc([C@H]2/C=C\CN(S(=O)(=O)c3ccc(C)cc3)CC(=O)N2Cc2cccc(F)c2)cc1. The number of amides is 1. The second-order valence-electron chi connectivity index (χ2n) is 8.41. The maximum Gasteiger partial charge on any atom is 0.243 e. The van der Waals surface area contributed by atoms with Gasteiger partial charge in [-0.25, -0.2) is 12.8 Å². The molecule has 0 saturated heterocycles. The molecular formula is C27H27FN2O4S. The first-order valence-corrected chi connectivity index (χ1v) is 12.6. The maximum absolute atomic E-state index is 13.9. The number of halogens is 1. The summed E-state index contributed by atoms with van der Waals surface area (Å²) in [6.45, 7) is 1.73. The Hall–Kier alpha value is -3.49. The van der Waals surface area contributed by atoms with Crippen LogP contribution in [0.5, 0.6) is 5.75 Å². The summed E-state index contributed by atoms with van der Waals surface area (Å²) in [7, 11) is -2.31. The summed E-state index contributed by atoms with van der Waals surface area (Å²) in [5, 5.41) is 0. The average molecular weight is 495 g/mol. The van der Waals surface area contributed by atoms with Crippen molar-refractivity contribution in [1.82, 2.24) is 9.21 Å². The van der Waals surface area contributed by atoms with Crippen LogP contribution in [0.15, 0.2) is 89.8 Å². The van der Waals surface area contributed by atoms with Crippen molar-refractivity contribution in [2.45, 2.75) is 24.4 Å². The van der Waals surface area contributed by atoms with E-state index < -0.39 is 21.9 Å². The lowest BCUT2D eigenvalue weighted by Crippen LogP contribution is -2.45. The molecule has 1 aliphatic rings. The summed E-state index contributed by atoms with van der Waals surface area (Å²) in [4.78, 5) is 15.3. The highest BCUT2D eigenvalue weighted by Gasteiger charge is 2.32. The summed E-state index contributed by atoms with van der Waals surface area (Å²) >= 11 is 0. The highest BCUT2D eigenvalue weighted by Crippen LogP contribution is 2.29. The van der Waals surface area contributed by atoms with E-state index in [4.69, 9.17) is 4.74 Å². The molecule has 1 amide bonds. The summed E-state index contributed by atoms with van der Waals surface area (Å²) in [5.74, 6) is -0.0980. The first kappa shape index (κ1) is 24.6. The third-order valence-electron chi connectivity index (χ3n) is 5.95. The van der Waals surface area contributed by atoms with E-state index in [0.29, 0.717) is 11.3 Å². The molecule has 8 heteroatoms. The van der Waals surface area contributed by atoms with Crippen LogP contribution in [0.4, 0.5) is 4.39 Å². The fraction of sp³-hybridized carbons (Fsp3) is 0.222. The molecule has 0 saturated carbocycles. The Morgan fingerprint density at radius 1 is 1.03 bits per heavy atom. The number of ether oxygens (including phenoxy) is 1. The van der Waals surface area contributed by atoms with Crippen molar-refractivity contribution < 1.29 is 22.3 Å². The Morgan fingerprint density at radius 2 is 1.74 bits per heavy atom. The molecule has 4 rings (SSSR count). The van der Waals surface area contributed by atoms with Crippen LogP contribution in [0.25, 0.3) is 0 Å². The number of hydrogen-bond acceptors (Lipinski definition) is 4. The van der Waals surface area contributed by atoms with Crippen molar-refractivity contribution in [3.05, 3.63) is 107 Å². The first-order valence-electron chi connectivity index (χ1n) is 11.2. The molecule has 0 bridgehead atoms. The summed E-state index contributed by atoms with van der Waals surface area (Å²) in [6, 6.07) is 19.5. The van der Waals surface area contributed by atoms with E-state index in [9.17, 15) is 17.6 Å². The second kappa shape index (κ2) is 10.4. The van der Waals surface area contributed by atoms with Crippen molar-refractivity contribution in [2.24, 2.45) is 0 Å². The van der Waals surface area contributed by atoms with Crippen LogP contribution in [-0.4, -0.2) is 43.7 Å². The van der Waals surface area contributed by atoms with Gasteiger partial charge in [0.2, 0.25) is 15.9 Å². The predicted octanol–water partition coefficient (Wildman–Crippen LogP) is 4.47. The molecule has 0 unspecified atom stereocenters. The maximum atomic E-state index is 13.9. The fourth-order valence-electron chi connectivity index (χ4n) is 4.03. The third-order valence-corrected chi connectivity index (χ3v) is 7.78. The number of aryl methyl sites for hydroxylation is 1. The number of carbonyl (C=O) groups is 1. The molecule has 6 nitrogen and oxygen atoms in total. The predicted molar refractivity (Wildman–Crippen MR) is 132 cm³/mol. The highest BCUT2D eigenvalue weighted by molar-refractivity contribution is 7.89. The molecule has 1 aliphatic heterocycles. The van der Waals surface area contributed by atoms with Gasteiger partial charge in [-0.3, -0.25) is 4.79 Å². The third kappa shape index (κ3) is 5.61. The Morgan fingerprint density at radius 3 is 2.40 bits per heavy atom. The zero-order chi connectivity index (χ0) is 25.0. The monoisotopic (exact) mass is 494 g/mol. The van der Waals surface area contributed by atoms with E-state index >= 15 is 0 Å². The molecule has 3 aromatic carbocycles. The lowest BCUT2D eigenvalue weighted by molar-refractivity contribution is -0.133. The molecule has 0 fully saturated rings. The van der Waals surface area contributed by atoms with E-state index in [-0.39, 0.29) is 30.4 Å². The molecule has 182 valence electrons. The van der Waals surface area contributed by atoms with Gasteiger partial charge in [0.05, 0.1) is 24.6 Å². The van der Waals surface area contributed by atoms with Crippen molar-refractivity contribution in [3.8, 4) is 5.75 Å². The van der Waals surface area contributed by atoms with Crippen LogP contribution in [0.2, 0.25) is 0 Å². The Bertz CT molecular complexity index is 1320. The Kier molecular flexibility index (Phi) is 7.33. The smallest absolute Gasteiger partial charge is 0.243 e. The van der Waals surface area contributed by atoms with Crippen molar-refractivity contribution in [1.29, 1.82) is 0 Å². The lowest BCUT2D eigenvalue weighted by Gasteiger charge is -2.34. The summed E-state index contributed by atoms with van der Waals surface area (Å²) in [5.41, 5.74) is 2.39. The van der Waals surface area contributed by atoms with Crippen LogP contribution in [0.3, 0.4) is 0 Å². The standard InChI is InChI=1S/C27H27FN2O4S/c1-20-8-14-25(15-9-20)35(32,33)29-16-4-7-26(22-10-12-24(34-2)13-11-22)30(27(31)19-29)18-21-5-3-6-23(28)17-21/h3-15,17,26H,16,18-19H2,1-2H3/b7-4-/t26-/m1/s1. The molecule has 3 aromatic rings. The van der Waals surface area contributed by atoms with E-state index in [1.807, 2.05) is 25.1 Å². The quantitative estimate of drug-likeness (QED) is 0.474. The number of nitrogens with zero attached hydrogens (tertiary/aromatic N) is 2. The minimum absolute atomic E-state index is 0.0579. The van der Waals surface area contributed by atoms with Gasteiger partial charge in [0.15, 0.2) is 0 Å². The van der Waals surface area contributed by atoms with Crippen molar-refractivity contribution in [2.75, 3.05) is 20.2 Å². The van der Waals surface area contributed by atoms with Crippen LogP contribution in [0.1, 0.15) is 22.7 Å². The fourth-order valence-corrected chi connectivity index (χ4v) is 5.37. The van der Waals surface area contributed by atoms with Gasteiger partial charge in [0, 0.05) is 13.1 Å². The number of carbonyl (C=O) groups excluding carboxylic acids is 1.